The Balaban J connectivity index is 1.52. The molecule has 0 saturated carbocycles. The van der Waals surface area contributed by atoms with Crippen molar-refractivity contribution < 1.29 is 18.7 Å². The lowest BCUT2D eigenvalue weighted by Gasteiger charge is -2.28. The lowest BCUT2D eigenvalue weighted by Crippen LogP contribution is -2.38. The number of hydrogen-bond donors (Lipinski definition) is 2. The molecule has 1 aliphatic rings. The first-order valence-electron chi connectivity index (χ1n) is 8.85. The smallest absolute Gasteiger partial charge is 0.255 e. The van der Waals surface area contributed by atoms with Crippen molar-refractivity contribution in [2.45, 2.75) is 12.8 Å². The zero-order valence-corrected chi connectivity index (χ0v) is 15.2. The van der Waals surface area contributed by atoms with E-state index in [9.17, 15) is 9.18 Å². The summed E-state index contributed by atoms with van der Waals surface area (Å²) in [5.41, 5.74) is 3.09. The Kier molecular flexibility index (Phi) is 4.85. The molecule has 28 heavy (non-hydrogen) atoms. The van der Waals surface area contributed by atoms with Crippen molar-refractivity contribution in [1.82, 2.24) is 5.32 Å². The molecular weight excluding hydrogens is 359 g/mol. The van der Waals surface area contributed by atoms with Gasteiger partial charge in [-0.05, 0) is 47.5 Å². The van der Waals surface area contributed by atoms with Crippen LogP contribution in [0.4, 0.5) is 10.1 Å². The van der Waals surface area contributed by atoms with E-state index in [-0.39, 0.29) is 17.9 Å². The van der Waals surface area contributed by atoms with E-state index >= 15 is 0 Å². The fourth-order valence-electron chi connectivity index (χ4n) is 3.10. The van der Waals surface area contributed by atoms with Gasteiger partial charge in [0.25, 0.3) is 5.91 Å². The Hall–Kier alpha value is -3.54. The summed E-state index contributed by atoms with van der Waals surface area (Å²) >= 11 is 0. The number of carbonyl (C=O) groups excluding carboxylic acids is 1. The Morgan fingerprint density at radius 3 is 2.54 bits per heavy atom. The maximum Gasteiger partial charge on any atom is 0.255 e. The number of nitrogens with one attached hydrogen (secondary N) is 2. The topological polar surface area (TPSA) is 59.6 Å². The summed E-state index contributed by atoms with van der Waals surface area (Å²) in [4.78, 5) is 12.3. The summed E-state index contributed by atoms with van der Waals surface area (Å²) in [5.74, 6) is 0.705. The molecule has 6 heteroatoms. The summed E-state index contributed by atoms with van der Waals surface area (Å²) < 4.78 is 24.3. The highest BCUT2D eigenvalue weighted by Gasteiger charge is 2.24. The third kappa shape index (κ3) is 3.62. The van der Waals surface area contributed by atoms with Crippen molar-refractivity contribution in [3.63, 3.8) is 0 Å². The molecular formula is C22H19FN2O3. The van der Waals surface area contributed by atoms with E-state index in [1.807, 2.05) is 30.3 Å². The summed E-state index contributed by atoms with van der Waals surface area (Å²) in [5, 5.41) is 6.25. The summed E-state index contributed by atoms with van der Waals surface area (Å²) in [7, 11) is 1.56. The van der Waals surface area contributed by atoms with Crippen LogP contribution < -0.4 is 20.1 Å². The third-order valence-electron chi connectivity index (χ3n) is 4.58. The molecule has 2 N–H and O–H groups in total. The fraction of sp³-hybridized carbons (Fsp3) is 0.136. The number of para-hydroxylation sites is 1. The average Bonchev–Trinajstić information content (AvgIpc) is 2.73. The van der Waals surface area contributed by atoms with E-state index < -0.39 is 0 Å². The van der Waals surface area contributed by atoms with Crippen molar-refractivity contribution in [2.24, 2.45) is 0 Å². The Morgan fingerprint density at radius 2 is 1.75 bits per heavy atom. The Morgan fingerprint density at radius 1 is 0.964 bits per heavy atom. The van der Waals surface area contributed by atoms with Gasteiger partial charge in [0.1, 0.15) is 18.6 Å². The maximum atomic E-state index is 13.0. The molecule has 1 unspecified atom stereocenters. The molecule has 5 nitrogen and oxygen atoms in total. The molecule has 0 saturated heterocycles. The summed E-state index contributed by atoms with van der Waals surface area (Å²) in [6.45, 7) is 0.293. The van der Waals surface area contributed by atoms with Crippen LogP contribution in [0.15, 0.2) is 66.7 Å². The van der Waals surface area contributed by atoms with Gasteiger partial charge in [-0.1, -0.05) is 30.3 Å². The van der Waals surface area contributed by atoms with Gasteiger partial charge in [0.2, 0.25) is 0 Å². The lowest BCUT2D eigenvalue weighted by molar-refractivity contribution is 0.0935. The molecule has 0 bridgehead atoms. The molecule has 1 amide bonds. The van der Waals surface area contributed by atoms with Crippen LogP contribution in [0.3, 0.4) is 0 Å². The van der Waals surface area contributed by atoms with E-state index in [1.54, 1.807) is 31.4 Å². The predicted molar refractivity (Wildman–Crippen MR) is 104 cm³/mol. The first-order valence-corrected chi connectivity index (χ1v) is 8.85. The van der Waals surface area contributed by atoms with Crippen LogP contribution in [0.5, 0.6) is 11.5 Å². The molecule has 0 spiro atoms. The van der Waals surface area contributed by atoms with Crippen LogP contribution in [0.25, 0.3) is 0 Å². The number of ether oxygens (including phenoxy) is 2. The van der Waals surface area contributed by atoms with E-state index in [2.05, 4.69) is 10.6 Å². The minimum Gasteiger partial charge on any atom is -0.493 e. The third-order valence-corrected chi connectivity index (χ3v) is 4.58. The van der Waals surface area contributed by atoms with Crippen LogP contribution in [0.2, 0.25) is 0 Å². The summed E-state index contributed by atoms with van der Waals surface area (Å²) in [6.07, 6.45) is -0.373. The highest BCUT2D eigenvalue weighted by atomic mass is 19.1. The SMILES string of the molecule is COc1cc(C2NC(=O)c3ccccc3N2)ccc1OCc1ccc(F)cc1. The van der Waals surface area contributed by atoms with Crippen molar-refractivity contribution in [1.29, 1.82) is 0 Å². The number of carbonyl (C=O) groups is 1. The van der Waals surface area contributed by atoms with E-state index in [4.69, 9.17) is 9.47 Å². The monoisotopic (exact) mass is 378 g/mol. The van der Waals surface area contributed by atoms with E-state index in [1.165, 1.54) is 12.1 Å². The van der Waals surface area contributed by atoms with Crippen LogP contribution in [0.1, 0.15) is 27.7 Å². The van der Waals surface area contributed by atoms with Crippen molar-refractivity contribution in [3.8, 4) is 11.5 Å². The van der Waals surface area contributed by atoms with Gasteiger partial charge in [-0.2, -0.15) is 0 Å². The highest BCUT2D eigenvalue weighted by Crippen LogP contribution is 2.33. The second-order valence-electron chi connectivity index (χ2n) is 6.42. The summed E-state index contributed by atoms with van der Waals surface area (Å²) in [6, 6.07) is 19.0. The standard InChI is InChI=1S/C22H19FN2O3/c1-27-20-12-15(21-24-18-5-3-2-4-17(18)22(26)25-21)8-11-19(20)28-13-14-6-9-16(23)10-7-14/h2-12,21,24H,13H2,1H3,(H,25,26). The molecule has 1 aliphatic heterocycles. The van der Waals surface area contributed by atoms with E-state index in [0.717, 1.165) is 16.8 Å². The van der Waals surface area contributed by atoms with Gasteiger partial charge in [-0.25, -0.2) is 4.39 Å². The molecule has 4 rings (SSSR count). The minimum atomic E-state index is -0.373. The maximum absolute atomic E-state index is 13.0. The Bertz CT molecular complexity index is 1000. The average molecular weight is 378 g/mol. The number of rotatable bonds is 5. The van der Waals surface area contributed by atoms with Gasteiger partial charge in [0, 0.05) is 5.69 Å². The van der Waals surface area contributed by atoms with Crippen LogP contribution in [-0.4, -0.2) is 13.0 Å². The second-order valence-corrected chi connectivity index (χ2v) is 6.42. The van der Waals surface area contributed by atoms with Crippen molar-refractivity contribution in [2.75, 3.05) is 12.4 Å². The van der Waals surface area contributed by atoms with Crippen LogP contribution in [-0.2, 0) is 6.61 Å². The van der Waals surface area contributed by atoms with Gasteiger partial charge in [0.05, 0.1) is 12.7 Å². The normalized spacial score (nSPS) is 15.2. The van der Waals surface area contributed by atoms with Gasteiger partial charge < -0.3 is 20.1 Å². The van der Waals surface area contributed by atoms with Gasteiger partial charge in [-0.3, -0.25) is 4.79 Å². The predicted octanol–water partition coefficient (Wildman–Crippen LogP) is 4.27. The number of halogens is 1. The van der Waals surface area contributed by atoms with Gasteiger partial charge >= 0.3 is 0 Å². The number of benzene rings is 3. The lowest BCUT2D eigenvalue weighted by atomic mass is 10.1. The largest absolute Gasteiger partial charge is 0.493 e. The Labute approximate surface area is 162 Å². The first-order chi connectivity index (χ1) is 13.6. The van der Waals surface area contributed by atoms with E-state index in [0.29, 0.717) is 23.7 Å². The van der Waals surface area contributed by atoms with Crippen LogP contribution >= 0.6 is 0 Å². The number of methoxy groups -OCH3 is 1. The number of amides is 1. The number of fused-ring (bicyclic) bond motifs is 1. The van der Waals surface area contributed by atoms with Crippen molar-refractivity contribution >= 4 is 11.6 Å². The van der Waals surface area contributed by atoms with Gasteiger partial charge in [0.15, 0.2) is 11.5 Å². The quantitative estimate of drug-likeness (QED) is 0.696. The number of anilines is 1. The molecule has 0 radical (unpaired) electrons. The molecule has 0 aromatic heterocycles. The molecule has 3 aromatic carbocycles. The zero-order chi connectivity index (χ0) is 19.5. The molecule has 0 aliphatic carbocycles. The number of hydrogen-bond acceptors (Lipinski definition) is 4. The molecule has 1 atom stereocenters. The molecule has 1 heterocycles. The minimum absolute atomic E-state index is 0.130. The fourth-order valence-corrected chi connectivity index (χ4v) is 3.10. The van der Waals surface area contributed by atoms with Crippen LogP contribution in [0, 0.1) is 5.82 Å². The van der Waals surface area contributed by atoms with Gasteiger partial charge in [-0.15, -0.1) is 0 Å². The molecule has 142 valence electrons. The zero-order valence-electron chi connectivity index (χ0n) is 15.2. The molecule has 3 aromatic rings. The molecule has 0 fully saturated rings. The highest BCUT2D eigenvalue weighted by molar-refractivity contribution is 6.01. The first kappa shape index (κ1) is 17.9. The van der Waals surface area contributed by atoms with Crippen molar-refractivity contribution in [3.05, 3.63) is 89.2 Å². The second kappa shape index (κ2) is 7.60.